The van der Waals surface area contributed by atoms with Crippen molar-refractivity contribution in [2.45, 2.75) is 25.8 Å². The number of aryl methyl sites for hydroxylation is 2. The molecule has 0 radical (unpaired) electrons. The van der Waals surface area contributed by atoms with E-state index in [1.165, 1.54) is 11.1 Å². The van der Waals surface area contributed by atoms with Gasteiger partial charge < -0.3 is 4.57 Å². The van der Waals surface area contributed by atoms with Crippen LogP contribution < -0.4 is 11.3 Å². The molecule has 4 heteroatoms. The molecule has 1 heterocycles. The molecule has 0 aliphatic rings. The first-order valence-corrected chi connectivity index (χ1v) is 6.26. The molecule has 0 saturated carbocycles. The smallest absolute Gasteiger partial charge is 0.110 e. The van der Waals surface area contributed by atoms with Gasteiger partial charge in [0.25, 0.3) is 0 Å². The molecule has 1 unspecified atom stereocenters. The first kappa shape index (κ1) is 12.8. The number of hydrogen-bond acceptors (Lipinski definition) is 3. The third-order valence-corrected chi connectivity index (χ3v) is 3.32. The van der Waals surface area contributed by atoms with Crippen molar-refractivity contribution in [2.24, 2.45) is 12.9 Å². The molecule has 0 aliphatic heterocycles. The second-order valence-electron chi connectivity index (χ2n) is 4.43. The molecule has 0 aliphatic carbocycles. The van der Waals surface area contributed by atoms with Crippen molar-refractivity contribution in [1.29, 1.82) is 0 Å². The van der Waals surface area contributed by atoms with Crippen LogP contribution in [0.3, 0.4) is 0 Å². The van der Waals surface area contributed by atoms with E-state index in [-0.39, 0.29) is 6.04 Å². The van der Waals surface area contributed by atoms with Gasteiger partial charge in [-0.25, -0.2) is 4.98 Å². The van der Waals surface area contributed by atoms with Crippen LogP contribution in [0.5, 0.6) is 0 Å². The minimum Gasteiger partial charge on any atom is -0.338 e. The van der Waals surface area contributed by atoms with E-state index in [1.54, 1.807) is 0 Å². The van der Waals surface area contributed by atoms with Crippen LogP contribution in [0.4, 0.5) is 0 Å². The number of nitrogens with two attached hydrogens (primary N) is 1. The molecule has 0 spiro atoms. The van der Waals surface area contributed by atoms with Gasteiger partial charge in [-0.3, -0.25) is 11.3 Å². The lowest BCUT2D eigenvalue weighted by Gasteiger charge is -2.19. The van der Waals surface area contributed by atoms with Crippen molar-refractivity contribution in [1.82, 2.24) is 15.0 Å². The molecule has 0 saturated heterocycles. The third kappa shape index (κ3) is 2.60. The number of imidazole rings is 1. The summed E-state index contributed by atoms with van der Waals surface area (Å²) < 4.78 is 2.03. The summed E-state index contributed by atoms with van der Waals surface area (Å²) in [5.41, 5.74) is 5.49. The van der Waals surface area contributed by atoms with Gasteiger partial charge in [-0.1, -0.05) is 31.2 Å². The largest absolute Gasteiger partial charge is 0.338 e. The Hall–Kier alpha value is -1.65. The van der Waals surface area contributed by atoms with Crippen LogP contribution in [0.2, 0.25) is 0 Å². The fraction of sp³-hybridized carbons (Fsp3) is 0.357. The maximum Gasteiger partial charge on any atom is 0.110 e. The number of nitrogens with one attached hydrogen (secondary N) is 1. The van der Waals surface area contributed by atoms with E-state index in [0.717, 1.165) is 18.7 Å². The number of hydrazine groups is 1. The van der Waals surface area contributed by atoms with E-state index < -0.39 is 0 Å². The van der Waals surface area contributed by atoms with Crippen molar-refractivity contribution >= 4 is 0 Å². The van der Waals surface area contributed by atoms with E-state index in [2.05, 4.69) is 41.6 Å². The van der Waals surface area contributed by atoms with Crippen LogP contribution in [0.25, 0.3) is 0 Å². The second-order valence-corrected chi connectivity index (χ2v) is 4.43. The van der Waals surface area contributed by atoms with Crippen molar-refractivity contribution in [3.63, 3.8) is 0 Å². The second kappa shape index (κ2) is 5.80. The Kier molecular flexibility index (Phi) is 4.12. The quantitative estimate of drug-likeness (QED) is 0.622. The SMILES string of the molecule is CCc1ccccc1C(Cc1nccn1C)NN. The maximum atomic E-state index is 5.71. The van der Waals surface area contributed by atoms with Crippen molar-refractivity contribution in [3.05, 3.63) is 53.6 Å². The predicted molar refractivity (Wildman–Crippen MR) is 72.8 cm³/mol. The highest BCUT2D eigenvalue weighted by molar-refractivity contribution is 5.30. The van der Waals surface area contributed by atoms with E-state index in [4.69, 9.17) is 5.84 Å². The normalized spacial score (nSPS) is 12.6. The average molecular weight is 244 g/mol. The van der Waals surface area contributed by atoms with Crippen LogP contribution in [0.1, 0.15) is 29.9 Å². The molecule has 18 heavy (non-hydrogen) atoms. The van der Waals surface area contributed by atoms with E-state index in [0.29, 0.717) is 0 Å². The lowest BCUT2D eigenvalue weighted by molar-refractivity contribution is 0.527. The van der Waals surface area contributed by atoms with Gasteiger partial charge >= 0.3 is 0 Å². The molecule has 2 aromatic rings. The zero-order valence-corrected chi connectivity index (χ0v) is 10.9. The fourth-order valence-electron chi connectivity index (χ4n) is 2.23. The third-order valence-electron chi connectivity index (χ3n) is 3.32. The summed E-state index contributed by atoms with van der Waals surface area (Å²) in [4.78, 5) is 4.35. The van der Waals surface area contributed by atoms with Crippen LogP contribution in [-0.2, 0) is 19.9 Å². The summed E-state index contributed by atoms with van der Waals surface area (Å²) in [7, 11) is 2.00. The van der Waals surface area contributed by atoms with Gasteiger partial charge in [-0.05, 0) is 17.5 Å². The summed E-state index contributed by atoms with van der Waals surface area (Å²) in [6.07, 6.45) is 5.56. The number of nitrogens with zero attached hydrogens (tertiary/aromatic N) is 2. The number of rotatable bonds is 5. The summed E-state index contributed by atoms with van der Waals surface area (Å²) in [5.74, 6) is 6.74. The van der Waals surface area contributed by atoms with Gasteiger partial charge in [0, 0.05) is 25.9 Å². The summed E-state index contributed by atoms with van der Waals surface area (Å²) >= 11 is 0. The Morgan fingerprint density at radius 1 is 1.39 bits per heavy atom. The van der Waals surface area contributed by atoms with Crippen molar-refractivity contribution < 1.29 is 0 Å². The molecule has 96 valence electrons. The molecule has 1 atom stereocenters. The van der Waals surface area contributed by atoms with Crippen LogP contribution in [-0.4, -0.2) is 9.55 Å². The maximum absolute atomic E-state index is 5.71. The Morgan fingerprint density at radius 2 is 2.17 bits per heavy atom. The minimum atomic E-state index is 0.0993. The van der Waals surface area contributed by atoms with Crippen LogP contribution >= 0.6 is 0 Å². The average Bonchev–Trinajstić information content (AvgIpc) is 2.81. The minimum absolute atomic E-state index is 0.0993. The van der Waals surface area contributed by atoms with E-state index in [1.807, 2.05) is 24.0 Å². The lowest BCUT2D eigenvalue weighted by atomic mass is 9.96. The Balaban J connectivity index is 2.25. The summed E-state index contributed by atoms with van der Waals surface area (Å²) in [6.45, 7) is 2.16. The first-order chi connectivity index (χ1) is 8.76. The van der Waals surface area contributed by atoms with Gasteiger partial charge in [0.05, 0.1) is 6.04 Å². The fourth-order valence-corrected chi connectivity index (χ4v) is 2.23. The number of hydrogen-bond donors (Lipinski definition) is 2. The van der Waals surface area contributed by atoms with Crippen LogP contribution in [0.15, 0.2) is 36.7 Å². The van der Waals surface area contributed by atoms with Crippen molar-refractivity contribution in [3.8, 4) is 0 Å². The highest BCUT2D eigenvalue weighted by Crippen LogP contribution is 2.21. The Labute approximate surface area is 108 Å². The predicted octanol–water partition coefficient (Wildman–Crippen LogP) is 1.73. The zero-order valence-electron chi connectivity index (χ0n) is 10.9. The highest BCUT2D eigenvalue weighted by Gasteiger charge is 2.15. The van der Waals surface area contributed by atoms with E-state index >= 15 is 0 Å². The molecule has 2 rings (SSSR count). The summed E-state index contributed by atoms with van der Waals surface area (Å²) in [6, 6.07) is 8.50. The molecule has 4 nitrogen and oxygen atoms in total. The first-order valence-electron chi connectivity index (χ1n) is 6.26. The highest BCUT2D eigenvalue weighted by atomic mass is 15.2. The number of benzene rings is 1. The molecule has 1 aromatic carbocycles. The van der Waals surface area contributed by atoms with Crippen LogP contribution in [0, 0.1) is 0 Å². The molecule has 0 amide bonds. The van der Waals surface area contributed by atoms with E-state index in [9.17, 15) is 0 Å². The standard InChI is InChI=1S/C14H20N4/c1-3-11-6-4-5-7-12(11)13(17-15)10-14-16-8-9-18(14)2/h4-9,13,17H,3,10,15H2,1-2H3. The van der Waals surface area contributed by atoms with Gasteiger partial charge in [-0.15, -0.1) is 0 Å². The van der Waals surface area contributed by atoms with Gasteiger partial charge in [0.15, 0.2) is 0 Å². The Bertz CT molecular complexity index is 504. The molecular formula is C14H20N4. The monoisotopic (exact) mass is 244 g/mol. The van der Waals surface area contributed by atoms with Gasteiger partial charge in [-0.2, -0.15) is 0 Å². The van der Waals surface area contributed by atoms with Gasteiger partial charge in [0.1, 0.15) is 5.82 Å². The van der Waals surface area contributed by atoms with Gasteiger partial charge in [0.2, 0.25) is 0 Å². The molecule has 1 aromatic heterocycles. The molecule has 0 fully saturated rings. The van der Waals surface area contributed by atoms with Crippen molar-refractivity contribution in [2.75, 3.05) is 0 Å². The molecule has 3 N–H and O–H groups in total. The Morgan fingerprint density at radius 3 is 2.78 bits per heavy atom. The lowest BCUT2D eigenvalue weighted by Crippen LogP contribution is -2.31. The molecule has 0 bridgehead atoms. The zero-order chi connectivity index (χ0) is 13.0. The topological polar surface area (TPSA) is 55.9 Å². The summed E-state index contributed by atoms with van der Waals surface area (Å²) in [5, 5.41) is 0. The number of aromatic nitrogens is 2. The molecular weight excluding hydrogens is 224 g/mol.